The topological polar surface area (TPSA) is 63.6 Å². The molecule has 0 aromatic heterocycles. The summed E-state index contributed by atoms with van der Waals surface area (Å²) in [6.45, 7) is 0. The van der Waals surface area contributed by atoms with Gasteiger partial charge in [0, 0.05) is 0 Å². The SMILES string of the molecule is COc1ccc(C=CS(=O)(=O)O)cc1.[NaH]. The fraction of sp³-hybridized carbons (Fsp3) is 0.111. The Labute approximate surface area is 111 Å². The van der Waals surface area contributed by atoms with Gasteiger partial charge in [0.05, 0.1) is 12.5 Å². The van der Waals surface area contributed by atoms with Gasteiger partial charge in [-0.1, -0.05) is 12.1 Å². The van der Waals surface area contributed by atoms with Crippen LogP contribution in [0, 0.1) is 0 Å². The fourth-order valence-corrected chi connectivity index (χ4v) is 1.21. The van der Waals surface area contributed by atoms with Gasteiger partial charge in [-0.15, -0.1) is 0 Å². The summed E-state index contributed by atoms with van der Waals surface area (Å²) in [4.78, 5) is 0. The predicted molar refractivity (Wildman–Crippen MR) is 60.7 cm³/mol. The Balaban J connectivity index is 0.00000196. The molecule has 1 aromatic carbocycles. The third-order valence-corrected chi connectivity index (χ3v) is 2.03. The van der Waals surface area contributed by atoms with Crippen LogP contribution in [0.2, 0.25) is 0 Å². The molecular formula is C9H11NaO4S. The van der Waals surface area contributed by atoms with Gasteiger partial charge < -0.3 is 4.74 Å². The van der Waals surface area contributed by atoms with E-state index in [1.54, 1.807) is 31.4 Å². The first kappa shape index (κ1) is 14.7. The fourth-order valence-electron chi connectivity index (χ4n) is 0.880. The molecule has 4 nitrogen and oxygen atoms in total. The molecule has 0 aliphatic rings. The molecule has 1 aromatic rings. The first-order chi connectivity index (χ1) is 6.51. The van der Waals surface area contributed by atoms with Gasteiger partial charge >= 0.3 is 29.6 Å². The Kier molecular flexibility index (Phi) is 6.16. The molecule has 0 saturated carbocycles. The van der Waals surface area contributed by atoms with Crippen molar-refractivity contribution in [3.8, 4) is 5.75 Å². The van der Waals surface area contributed by atoms with Crippen LogP contribution in [0.15, 0.2) is 29.7 Å². The molecule has 0 saturated heterocycles. The summed E-state index contributed by atoms with van der Waals surface area (Å²) in [5.74, 6) is 0.689. The van der Waals surface area contributed by atoms with E-state index in [0.29, 0.717) is 11.3 Å². The van der Waals surface area contributed by atoms with Crippen LogP contribution in [-0.4, -0.2) is 49.6 Å². The molecule has 0 bridgehead atoms. The van der Waals surface area contributed by atoms with Crippen LogP contribution in [-0.2, 0) is 10.1 Å². The Morgan fingerprint density at radius 2 is 1.80 bits per heavy atom. The monoisotopic (exact) mass is 238 g/mol. The molecule has 0 amide bonds. The summed E-state index contributed by atoms with van der Waals surface area (Å²) in [5.41, 5.74) is 0.670. The van der Waals surface area contributed by atoms with Gasteiger partial charge in [-0.3, -0.25) is 4.55 Å². The number of rotatable bonds is 3. The molecule has 1 rings (SSSR count). The van der Waals surface area contributed by atoms with Crippen molar-refractivity contribution in [2.45, 2.75) is 0 Å². The molecule has 0 radical (unpaired) electrons. The summed E-state index contributed by atoms with van der Waals surface area (Å²) in [5, 5.41) is 0.731. The zero-order valence-corrected chi connectivity index (χ0v) is 8.36. The van der Waals surface area contributed by atoms with Crippen LogP contribution < -0.4 is 4.74 Å². The van der Waals surface area contributed by atoms with Crippen LogP contribution in [0.4, 0.5) is 0 Å². The van der Waals surface area contributed by atoms with Gasteiger partial charge in [0.25, 0.3) is 10.1 Å². The van der Waals surface area contributed by atoms with E-state index in [-0.39, 0.29) is 29.6 Å². The molecule has 15 heavy (non-hydrogen) atoms. The van der Waals surface area contributed by atoms with Crippen LogP contribution in [0.1, 0.15) is 5.56 Å². The number of methoxy groups -OCH3 is 1. The summed E-state index contributed by atoms with van der Waals surface area (Å²) in [6, 6.07) is 6.76. The minimum atomic E-state index is -4.05. The molecule has 1 N–H and O–H groups in total. The van der Waals surface area contributed by atoms with Gasteiger partial charge in [-0.25, -0.2) is 0 Å². The predicted octanol–water partition coefficient (Wildman–Crippen LogP) is 0.905. The second-order valence-electron chi connectivity index (χ2n) is 2.59. The Bertz CT molecular complexity index is 422. The summed E-state index contributed by atoms with van der Waals surface area (Å²) < 4.78 is 34.1. The van der Waals surface area contributed by atoms with E-state index in [1.165, 1.54) is 6.08 Å². The van der Waals surface area contributed by atoms with Gasteiger partial charge in [-0.2, -0.15) is 8.42 Å². The molecule has 0 heterocycles. The zero-order valence-electron chi connectivity index (χ0n) is 7.54. The molecule has 78 valence electrons. The zero-order chi connectivity index (χ0) is 10.6. The van der Waals surface area contributed by atoms with E-state index < -0.39 is 10.1 Å². The Morgan fingerprint density at radius 3 is 2.20 bits per heavy atom. The molecule has 6 heteroatoms. The quantitative estimate of drug-likeness (QED) is 0.628. The van der Waals surface area contributed by atoms with E-state index in [4.69, 9.17) is 9.29 Å². The van der Waals surface area contributed by atoms with Gasteiger partial charge in [0.2, 0.25) is 0 Å². The number of ether oxygens (including phenoxy) is 1. The molecule has 0 fully saturated rings. The number of benzene rings is 1. The standard InChI is InChI=1S/C9H10O4S.Na.H/c1-13-9-4-2-8(3-5-9)6-7-14(10,11)12;;/h2-7H,1H3,(H,10,11,12);;. The van der Waals surface area contributed by atoms with Crippen molar-refractivity contribution >= 4 is 45.8 Å². The summed E-state index contributed by atoms with van der Waals surface area (Å²) in [6.07, 6.45) is 1.30. The molecule has 0 aliphatic carbocycles. The van der Waals surface area contributed by atoms with E-state index >= 15 is 0 Å². The van der Waals surface area contributed by atoms with Gasteiger partial charge in [-0.05, 0) is 23.8 Å². The van der Waals surface area contributed by atoms with Crippen LogP contribution in [0.25, 0.3) is 6.08 Å². The van der Waals surface area contributed by atoms with E-state index in [1.807, 2.05) is 0 Å². The van der Waals surface area contributed by atoms with Crippen molar-refractivity contribution < 1.29 is 17.7 Å². The van der Waals surface area contributed by atoms with Gasteiger partial charge in [0.1, 0.15) is 5.75 Å². The van der Waals surface area contributed by atoms with Crippen molar-refractivity contribution in [2.75, 3.05) is 7.11 Å². The van der Waals surface area contributed by atoms with Crippen molar-refractivity contribution in [1.82, 2.24) is 0 Å². The molecule has 0 aliphatic heterocycles. The molecule has 0 spiro atoms. The second kappa shape index (κ2) is 6.30. The van der Waals surface area contributed by atoms with Crippen LogP contribution in [0.5, 0.6) is 5.75 Å². The normalized spacial score (nSPS) is 11.1. The van der Waals surface area contributed by atoms with Crippen LogP contribution >= 0.6 is 0 Å². The third-order valence-electron chi connectivity index (χ3n) is 1.55. The molecule has 0 atom stereocenters. The number of hydrogen-bond acceptors (Lipinski definition) is 3. The van der Waals surface area contributed by atoms with Crippen molar-refractivity contribution in [2.24, 2.45) is 0 Å². The maximum absolute atomic E-state index is 10.4. The third kappa shape index (κ3) is 5.96. The van der Waals surface area contributed by atoms with E-state index in [9.17, 15) is 8.42 Å². The van der Waals surface area contributed by atoms with Gasteiger partial charge in [0.15, 0.2) is 0 Å². The van der Waals surface area contributed by atoms with Crippen molar-refractivity contribution in [1.29, 1.82) is 0 Å². The van der Waals surface area contributed by atoms with Crippen molar-refractivity contribution in [3.63, 3.8) is 0 Å². The second-order valence-corrected chi connectivity index (χ2v) is 3.89. The van der Waals surface area contributed by atoms with Crippen LogP contribution in [0.3, 0.4) is 0 Å². The van der Waals surface area contributed by atoms with E-state index in [0.717, 1.165) is 5.41 Å². The first-order valence-electron chi connectivity index (χ1n) is 3.81. The summed E-state index contributed by atoms with van der Waals surface area (Å²) in [7, 11) is -2.51. The molecular weight excluding hydrogens is 227 g/mol. The average molecular weight is 238 g/mol. The number of hydrogen-bond donors (Lipinski definition) is 1. The Morgan fingerprint density at radius 1 is 1.27 bits per heavy atom. The van der Waals surface area contributed by atoms with E-state index in [2.05, 4.69) is 0 Å². The summed E-state index contributed by atoms with van der Waals surface area (Å²) >= 11 is 0. The minimum absolute atomic E-state index is 0. The average Bonchev–Trinajstić information content (AvgIpc) is 2.14. The first-order valence-corrected chi connectivity index (χ1v) is 5.31. The maximum atomic E-state index is 10.4. The molecule has 0 unspecified atom stereocenters. The van der Waals surface area contributed by atoms with Crippen molar-refractivity contribution in [3.05, 3.63) is 35.2 Å². The Hall–Kier alpha value is -0.330.